The van der Waals surface area contributed by atoms with Crippen LogP contribution in [0.15, 0.2) is 4.52 Å². The average molecular weight is 268 g/mol. The summed E-state index contributed by atoms with van der Waals surface area (Å²) in [7, 11) is 0. The van der Waals surface area contributed by atoms with Crippen LogP contribution in [-0.2, 0) is 4.74 Å². The highest BCUT2D eigenvalue weighted by atomic mass is 16.5. The van der Waals surface area contributed by atoms with Crippen LogP contribution in [0.3, 0.4) is 0 Å². The summed E-state index contributed by atoms with van der Waals surface area (Å²) in [5, 5.41) is 4.02. The third kappa shape index (κ3) is 3.52. The quantitative estimate of drug-likeness (QED) is 0.875. The second-order valence-electron chi connectivity index (χ2n) is 5.33. The molecule has 0 bridgehead atoms. The number of aromatic nitrogens is 2. The summed E-state index contributed by atoms with van der Waals surface area (Å²) in [6.45, 7) is 8.91. The molecule has 2 atom stereocenters. The van der Waals surface area contributed by atoms with Crippen molar-refractivity contribution in [3.05, 3.63) is 11.7 Å². The van der Waals surface area contributed by atoms with Crippen LogP contribution < -0.4 is 5.73 Å². The normalized spacial score (nSPS) is 22.9. The van der Waals surface area contributed by atoms with Crippen LogP contribution in [0.2, 0.25) is 0 Å². The summed E-state index contributed by atoms with van der Waals surface area (Å²) in [5.74, 6) is 1.13. The van der Waals surface area contributed by atoms with Crippen LogP contribution in [0.1, 0.15) is 57.5 Å². The largest absolute Gasteiger partial charge is 0.367 e. The van der Waals surface area contributed by atoms with E-state index < -0.39 is 0 Å². The van der Waals surface area contributed by atoms with Gasteiger partial charge in [0, 0.05) is 19.1 Å². The van der Waals surface area contributed by atoms with Gasteiger partial charge in [-0.1, -0.05) is 18.5 Å². The van der Waals surface area contributed by atoms with E-state index in [1.54, 1.807) is 0 Å². The van der Waals surface area contributed by atoms with Crippen molar-refractivity contribution >= 4 is 0 Å². The van der Waals surface area contributed by atoms with E-state index in [9.17, 15) is 0 Å². The van der Waals surface area contributed by atoms with E-state index in [0.29, 0.717) is 24.4 Å². The van der Waals surface area contributed by atoms with Gasteiger partial charge in [-0.3, -0.25) is 4.90 Å². The third-order valence-electron chi connectivity index (χ3n) is 3.49. The molecular weight excluding hydrogens is 244 g/mol. The van der Waals surface area contributed by atoms with Crippen LogP contribution >= 0.6 is 0 Å². The monoisotopic (exact) mass is 268 g/mol. The van der Waals surface area contributed by atoms with Crippen molar-refractivity contribution in [1.29, 1.82) is 0 Å². The molecule has 1 aromatic heterocycles. The van der Waals surface area contributed by atoms with Gasteiger partial charge in [0.25, 0.3) is 0 Å². The van der Waals surface area contributed by atoms with Gasteiger partial charge in [0.1, 0.15) is 6.10 Å². The summed E-state index contributed by atoms with van der Waals surface area (Å²) in [4.78, 5) is 6.75. The minimum absolute atomic E-state index is 0.109. The predicted molar refractivity (Wildman–Crippen MR) is 71.5 cm³/mol. The molecule has 0 radical (unpaired) electrons. The fraction of sp³-hybridized carbons (Fsp3) is 0.846. The summed E-state index contributed by atoms with van der Waals surface area (Å²) >= 11 is 0. The molecule has 1 aliphatic rings. The highest BCUT2D eigenvalue weighted by molar-refractivity contribution is 4.97. The topological polar surface area (TPSA) is 77.4 Å². The maximum absolute atomic E-state index is 5.98. The molecule has 0 aromatic carbocycles. The minimum atomic E-state index is -0.170. The van der Waals surface area contributed by atoms with Crippen molar-refractivity contribution in [2.75, 3.05) is 19.7 Å². The molecule has 0 spiro atoms. The van der Waals surface area contributed by atoms with Crippen molar-refractivity contribution in [2.24, 2.45) is 5.73 Å². The molecule has 1 aromatic rings. The number of rotatable bonds is 5. The van der Waals surface area contributed by atoms with Gasteiger partial charge in [-0.15, -0.1) is 0 Å². The zero-order chi connectivity index (χ0) is 13.8. The summed E-state index contributed by atoms with van der Waals surface area (Å²) in [6.07, 6.45) is 1.74. The van der Waals surface area contributed by atoms with Gasteiger partial charge in [-0.25, -0.2) is 0 Å². The standard InChI is InChI=1S/C13H24N4O2/c1-4-5-10(14)13-15-12(16-19-13)11-8-17(9(2)3)6-7-18-11/h9-11H,4-8,14H2,1-3H3/t10-,11?/m1/s1. The molecule has 1 aliphatic heterocycles. The van der Waals surface area contributed by atoms with E-state index in [4.69, 9.17) is 15.0 Å². The maximum Gasteiger partial charge on any atom is 0.243 e. The Kier molecular flexibility index (Phi) is 4.90. The Morgan fingerprint density at radius 3 is 2.95 bits per heavy atom. The predicted octanol–water partition coefficient (Wildman–Crippen LogP) is 1.65. The summed E-state index contributed by atoms with van der Waals surface area (Å²) in [5.41, 5.74) is 5.98. The van der Waals surface area contributed by atoms with Crippen molar-refractivity contribution in [3.8, 4) is 0 Å². The summed E-state index contributed by atoms with van der Waals surface area (Å²) < 4.78 is 11.0. The third-order valence-corrected chi connectivity index (χ3v) is 3.49. The van der Waals surface area contributed by atoms with Gasteiger partial charge in [-0.05, 0) is 20.3 Å². The van der Waals surface area contributed by atoms with Gasteiger partial charge in [0.15, 0.2) is 0 Å². The first-order valence-corrected chi connectivity index (χ1v) is 7.06. The molecule has 1 fully saturated rings. The molecule has 1 unspecified atom stereocenters. The lowest BCUT2D eigenvalue weighted by atomic mass is 10.2. The van der Waals surface area contributed by atoms with Crippen molar-refractivity contribution in [1.82, 2.24) is 15.0 Å². The molecule has 2 N–H and O–H groups in total. The van der Waals surface area contributed by atoms with Gasteiger partial charge in [-0.2, -0.15) is 4.98 Å². The Hall–Kier alpha value is -0.980. The van der Waals surface area contributed by atoms with Crippen LogP contribution in [0, 0.1) is 0 Å². The molecule has 0 amide bonds. The van der Waals surface area contributed by atoms with Crippen molar-refractivity contribution in [3.63, 3.8) is 0 Å². The van der Waals surface area contributed by atoms with Crippen LogP contribution in [0.5, 0.6) is 0 Å². The fourth-order valence-electron chi connectivity index (χ4n) is 2.26. The van der Waals surface area contributed by atoms with E-state index in [1.165, 1.54) is 0 Å². The van der Waals surface area contributed by atoms with Gasteiger partial charge in [0.05, 0.1) is 12.6 Å². The molecule has 2 heterocycles. The first-order valence-electron chi connectivity index (χ1n) is 7.06. The van der Waals surface area contributed by atoms with Crippen LogP contribution in [0.25, 0.3) is 0 Å². The fourth-order valence-corrected chi connectivity index (χ4v) is 2.26. The lowest BCUT2D eigenvalue weighted by Gasteiger charge is -2.34. The van der Waals surface area contributed by atoms with Crippen LogP contribution in [-0.4, -0.2) is 40.8 Å². The number of morpholine rings is 1. The highest BCUT2D eigenvalue weighted by Crippen LogP contribution is 2.23. The Labute approximate surface area is 114 Å². The average Bonchev–Trinajstić information content (AvgIpc) is 2.89. The number of hydrogen-bond donors (Lipinski definition) is 1. The summed E-state index contributed by atoms with van der Waals surface area (Å²) in [6, 6.07) is 0.330. The van der Waals surface area contributed by atoms with E-state index >= 15 is 0 Å². The minimum Gasteiger partial charge on any atom is -0.367 e. The first kappa shape index (κ1) is 14.4. The second-order valence-corrected chi connectivity index (χ2v) is 5.33. The molecular formula is C13H24N4O2. The lowest BCUT2D eigenvalue weighted by Crippen LogP contribution is -2.42. The molecule has 1 saturated heterocycles. The smallest absolute Gasteiger partial charge is 0.243 e. The highest BCUT2D eigenvalue weighted by Gasteiger charge is 2.28. The molecule has 2 rings (SSSR count). The number of hydrogen-bond acceptors (Lipinski definition) is 6. The lowest BCUT2D eigenvalue weighted by molar-refractivity contribution is -0.0450. The Morgan fingerprint density at radius 2 is 2.26 bits per heavy atom. The number of nitrogens with two attached hydrogens (primary N) is 1. The van der Waals surface area contributed by atoms with E-state index in [0.717, 1.165) is 25.9 Å². The zero-order valence-corrected chi connectivity index (χ0v) is 12.0. The number of ether oxygens (including phenoxy) is 1. The second kappa shape index (κ2) is 6.45. The maximum atomic E-state index is 5.98. The van der Waals surface area contributed by atoms with Crippen molar-refractivity contribution in [2.45, 2.75) is 51.8 Å². The van der Waals surface area contributed by atoms with E-state index in [1.807, 2.05) is 0 Å². The first-order chi connectivity index (χ1) is 9.11. The van der Waals surface area contributed by atoms with Gasteiger partial charge >= 0.3 is 0 Å². The molecule has 6 heteroatoms. The Bertz CT molecular complexity index is 394. The molecule has 0 aliphatic carbocycles. The van der Waals surface area contributed by atoms with Gasteiger partial charge < -0.3 is 15.0 Å². The van der Waals surface area contributed by atoms with Crippen molar-refractivity contribution < 1.29 is 9.26 Å². The SMILES string of the molecule is CCC[C@@H](N)c1nc(C2CN(C(C)C)CCO2)no1. The molecule has 108 valence electrons. The number of nitrogens with zero attached hydrogens (tertiary/aromatic N) is 3. The van der Waals surface area contributed by atoms with Crippen LogP contribution in [0.4, 0.5) is 0 Å². The molecule has 0 saturated carbocycles. The van der Waals surface area contributed by atoms with Gasteiger partial charge in [0.2, 0.25) is 11.7 Å². The van der Waals surface area contributed by atoms with E-state index in [2.05, 4.69) is 35.8 Å². The Morgan fingerprint density at radius 1 is 1.47 bits per heavy atom. The molecule has 19 heavy (non-hydrogen) atoms. The zero-order valence-electron chi connectivity index (χ0n) is 12.0. The van der Waals surface area contributed by atoms with E-state index in [-0.39, 0.29) is 12.1 Å². The Balaban J connectivity index is 2.01. The molecule has 6 nitrogen and oxygen atoms in total.